The van der Waals surface area contributed by atoms with Crippen molar-refractivity contribution in [2.45, 2.75) is 19.5 Å². The highest BCUT2D eigenvalue weighted by Gasteiger charge is 2.16. The molecule has 5 heteroatoms. The van der Waals surface area contributed by atoms with Gasteiger partial charge in [0.25, 0.3) is 0 Å². The molecule has 100 valence electrons. The summed E-state index contributed by atoms with van der Waals surface area (Å²) >= 11 is 0. The van der Waals surface area contributed by atoms with E-state index >= 15 is 0 Å². The Bertz CT molecular complexity index is 421. The van der Waals surface area contributed by atoms with Crippen LogP contribution >= 0.6 is 0 Å². The number of phenolic OH excluding ortho intramolecular Hbond substituents is 1. The minimum Gasteiger partial charge on any atom is -0.504 e. The molecular formula is C13H20N2O3. The lowest BCUT2D eigenvalue weighted by Gasteiger charge is -2.21. The Kier molecular flexibility index (Phi) is 4.97. The Morgan fingerprint density at radius 1 is 1.56 bits per heavy atom. The number of benzene rings is 1. The van der Waals surface area contributed by atoms with Crippen LogP contribution in [0.4, 0.5) is 0 Å². The van der Waals surface area contributed by atoms with E-state index in [1.54, 1.807) is 37.2 Å². The van der Waals surface area contributed by atoms with Crippen LogP contribution in [-0.2, 0) is 11.3 Å². The number of ether oxygens (including phenoxy) is 1. The fourth-order valence-electron chi connectivity index (χ4n) is 1.63. The predicted molar refractivity (Wildman–Crippen MR) is 69.7 cm³/mol. The molecule has 0 spiro atoms. The lowest BCUT2D eigenvalue weighted by atomic mass is 10.2. The van der Waals surface area contributed by atoms with E-state index in [1.165, 1.54) is 7.11 Å². The molecule has 1 aromatic rings. The van der Waals surface area contributed by atoms with Crippen LogP contribution in [0.5, 0.6) is 11.5 Å². The molecule has 1 amide bonds. The molecule has 5 nitrogen and oxygen atoms in total. The molecule has 1 aromatic carbocycles. The maximum atomic E-state index is 11.9. The number of amides is 1. The zero-order valence-corrected chi connectivity index (χ0v) is 11.2. The van der Waals surface area contributed by atoms with Crippen molar-refractivity contribution in [1.82, 2.24) is 10.2 Å². The van der Waals surface area contributed by atoms with Crippen molar-refractivity contribution in [1.29, 1.82) is 0 Å². The Hall–Kier alpha value is -1.75. The van der Waals surface area contributed by atoms with E-state index in [9.17, 15) is 9.90 Å². The number of aromatic hydroxyl groups is 1. The molecule has 1 rings (SSSR count). The number of likely N-dealkylation sites (N-methyl/N-ethyl adjacent to an activating group) is 2. The van der Waals surface area contributed by atoms with E-state index in [1.807, 2.05) is 6.92 Å². The highest BCUT2D eigenvalue weighted by Crippen LogP contribution is 2.26. The van der Waals surface area contributed by atoms with Crippen LogP contribution in [0, 0.1) is 0 Å². The third-order valence-corrected chi connectivity index (χ3v) is 2.84. The number of phenols is 1. The van der Waals surface area contributed by atoms with Gasteiger partial charge in [-0.3, -0.25) is 4.79 Å². The van der Waals surface area contributed by atoms with Gasteiger partial charge in [-0.2, -0.15) is 0 Å². The van der Waals surface area contributed by atoms with Crippen molar-refractivity contribution >= 4 is 5.91 Å². The Morgan fingerprint density at radius 3 is 2.78 bits per heavy atom. The fourth-order valence-corrected chi connectivity index (χ4v) is 1.63. The first-order chi connectivity index (χ1) is 8.49. The molecule has 1 unspecified atom stereocenters. The Balaban J connectivity index is 2.75. The summed E-state index contributed by atoms with van der Waals surface area (Å²) in [6, 6.07) is 4.84. The summed E-state index contributed by atoms with van der Waals surface area (Å²) in [7, 11) is 4.99. The predicted octanol–water partition coefficient (Wildman–Crippen LogP) is 0.967. The van der Waals surface area contributed by atoms with E-state index in [2.05, 4.69) is 5.32 Å². The van der Waals surface area contributed by atoms with Gasteiger partial charge in [-0.1, -0.05) is 6.07 Å². The fraction of sp³-hybridized carbons (Fsp3) is 0.462. The van der Waals surface area contributed by atoms with E-state index in [-0.39, 0.29) is 17.7 Å². The Morgan fingerprint density at radius 2 is 2.22 bits per heavy atom. The van der Waals surface area contributed by atoms with E-state index in [4.69, 9.17) is 4.74 Å². The standard InChI is InChI=1S/C13H20N2O3/c1-9(14-2)13(17)15(3)8-10-5-6-11(16)12(7-10)18-4/h5-7,9,14,16H,8H2,1-4H3. The first kappa shape index (κ1) is 14.3. The van der Waals surface area contributed by atoms with E-state index in [0.29, 0.717) is 12.3 Å². The topological polar surface area (TPSA) is 61.8 Å². The number of nitrogens with zero attached hydrogens (tertiary/aromatic N) is 1. The van der Waals surface area contributed by atoms with Crippen LogP contribution in [0.1, 0.15) is 12.5 Å². The van der Waals surface area contributed by atoms with Gasteiger partial charge in [-0.15, -0.1) is 0 Å². The molecule has 0 aliphatic carbocycles. The third kappa shape index (κ3) is 3.37. The normalized spacial score (nSPS) is 12.0. The largest absolute Gasteiger partial charge is 0.504 e. The number of nitrogens with one attached hydrogen (secondary N) is 1. The maximum absolute atomic E-state index is 11.9. The van der Waals surface area contributed by atoms with Gasteiger partial charge in [-0.25, -0.2) is 0 Å². The molecule has 0 saturated carbocycles. The van der Waals surface area contributed by atoms with E-state index < -0.39 is 0 Å². The van der Waals surface area contributed by atoms with Gasteiger partial charge < -0.3 is 20.1 Å². The van der Waals surface area contributed by atoms with Crippen LogP contribution in [0.15, 0.2) is 18.2 Å². The monoisotopic (exact) mass is 252 g/mol. The van der Waals surface area contributed by atoms with Gasteiger partial charge in [0.15, 0.2) is 11.5 Å². The van der Waals surface area contributed by atoms with Crippen LogP contribution in [0.25, 0.3) is 0 Å². The lowest BCUT2D eigenvalue weighted by molar-refractivity contribution is -0.132. The van der Waals surface area contributed by atoms with Gasteiger partial charge in [0, 0.05) is 13.6 Å². The van der Waals surface area contributed by atoms with Crippen LogP contribution in [0.2, 0.25) is 0 Å². The molecule has 0 aliphatic rings. The second-order valence-electron chi connectivity index (χ2n) is 4.21. The average molecular weight is 252 g/mol. The zero-order valence-electron chi connectivity index (χ0n) is 11.2. The minimum absolute atomic E-state index is 0.0181. The molecule has 0 radical (unpaired) electrons. The second-order valence-corrected chi connectivity index (χ2v) is 4.21. The number of hydrogen-bond donors (Lipinski definition) is 2. The molecule has 2 N–H and O–H groups in total. The average Bonchev–Trinajstić information content (AvgIpc) is 2.38. The zero-order chi connectivity index (χ0) is 13.7. The van der Waals surface area contributed by atoms with Crippen LogP contribution in [-0.4, -0.2) is 43.2 Å². The van der Waals surface area contributed by atoms with Crippen molar-refractivity contribution in [3.8, 4) is 11.5 Å². The van der Waals surface area contributed by atoms with Gasteiger partial charge in [0.05, 0.1) is 13.2 Å². The highest BCUT2D eigenvalue weighted by molar-refractivity contribution is 5.81. The number of rotatable bonds is 5. The number of carbonyl (C=O) groups excluding carboxylic acids is 1. The quantitative estimate of drug-likeness (QED) is 0.819. The molecule has 0 bridgehead atoms. The third-order valence-electron chi connectivity index (χ3n) is 2.84. The molecular weight excluding hydrogens is 232 g/mol. The number of hydrogen-bond acceptors (Lipinski definition) is 4. The summed E-state index contributed by atoms with van der Waals surface area (Å²) < 4.78 is 5.03. The molecule has 1 atom stereocenters. The van der Waals surface area contributed by atoms with Gasteiger partial charge in [0.1, 0.15) is 0 Å². The minimum atomic E-state index is -0.214. The van der Waals surface area contributed by atoms with Crippen molar-refractivity contribution in [3.05, 3.63) is 23.8 Å². The highest BCUT2D eigenvalue weighted by atomic mass is 16.5. The summed E-state index contributed by atoms with van der Waals surface area (Å²) in [6.07, 6.45) is 0. The molecule has 0 aliphatic heterocycles. The lowest BCUT2D eigenvalue weighted by Crippen LogP contribution is -2.41. The van der Waals surface area contributed by atoms with Crippen molar-refractivity contribution < 1.29 is 14.6 Å². The van der Waals surface area contributed by atoms with Crippen LogP contribution in [0.3, 0.4) is 0 Å². The summed E-state index contributed by atoms with van der Waals surface area (Å²) in [6.45, 7) is 2.29. The summed E-state index contributed by atoms with van der Waals surface area (Å²) in [5.41, 5.74) is 0.906. The smallest absolute Gasteiger partial charge is 0.239 e. The summed E-state index contributed by atoms with van der Waals surface area (Å²) in [5.74, 6) is 0.526. The van der Waals surface area contributed by atoms with Crippen molar-refractivity contribution in [2.24, 2.45) is 0 Å². The number of carbonyl (C=O) groups is 1. The summed E-state index contributed by atoms with van der Waals surface area (Å²) in [4.78, 5) is 13.5. The first-order valence-corrected chi connectivity index (χ1v) is 5.77. The SMILES string of the molecule is CNC(C)C(=O)N(C)Cc1ccc(O)c(OC)c1. The maximum Gasteiger partial charge on any atom is 0.239 e. The molecule has 0 saturated heterocycles. The number of methoxy groups -OCH3 is 1. The first-order valence-electron chi connectivity index (χ1n) is 5.77. The van der Waals surface area contributed by atoms with E-state index in [0.717, 1.165) is 5.56 Å². The van der Waals surface area contributed by atoms with Crippen molar-refractivity contribution in [3.63, 3.8) is 0 Å². The molecule has 0 fully saturated rings. The van der Waals surface area contributed by atoms with Crippen LogP contribution < -0.4 is 10.1 Å². The molecule has 0 heterocycles. The van der Waals surface area contributed by atoms with Gasteiger partial charge in [-0.05, 0) is 31.7 Å². The molecule has 18 heavy (non-hydrogen) atoms. The van der Waals surface area contributed by atoms with Crippen molar-refractivity contribution in [2.75, 3.05) is 21.2 Å². The summed E-state index contributed by atoms with van der Waals surface area (Å²) in [5, 5.41) is 12.4. The Labute approximate surface area is 107 Å². The second kappa shape index (κ2) is 6.26. The van der Waals surface area contributed by atoms with Gasteiger partial charge >= 0.3 is 0 Å². The molecule has 0 aromatic heterocycles. The van der Waals surface area contributed by atoms with Gasteiger partial charge in [0.2, 0.25) is 5.91 Å².